The van der Waals surface area contributed by atoms with Crippen molar-refractivity contribution in [1.29, 1.82) is 0 Å². The van der Waals surface area contributed by atoms with Crippen molar-refractivity contribution in [2.24, 2.45) is 0 Å². The fourth-order valence-electron chi connectivity index (χ4n) is 1.92. The van der Waals surface area contributed by atoms with E-state index >= 15 is 0 Å². The van der Waals surface area contributed by atoms with Crippen LogP contribution in [0, 0.1) is 0 Å². The van der Waals surface area contributed by atoms with Gasteiger partial charge in [-0.1, -0.05) is 0 Å². The van der Waals surface area contributed by atoms with Crippen LogP contribution in [-0.2, 0) is 4.74 Å². The van der Waals surface area contributed by atoms with E-state index < -0.39 is 12.7 Å². The van der Waals surface area contributed by atoms with Crippen LogP contribution in [-0.4, -0.2) is 56.6 Å². The highest BCUT2D eigenvalue weighted by atomic mass is 16.6. The number of likely N-dealkylation sites (tertiary alicyclic amines) is 1. The maximum atomic E-state index is 11.8. The van der Waals surface area contributed by atoms with Gasteiger partial charge in [-0.2, -0.15) is 5.10 Å². The Morgan fingerprint density at radius 3 is 2.63 bits per heavy atom. The van der Waals surface area contributed by atoms with E-state index in [-0.39, 0.29) is 12.1 Å². The van der Waals surface area contributed by atoms with E-state index in [1.54, 1.807) is 11.0 Å². The lowest BCUT2D eigenvalue weighted by Gasteiger charge is -2.40. The molecule has 2 heterocycles. The van der Waals surface area contributed by atoms with Crippen LogP contribution in [0.25, 0.3) is 0 Å². The molecule has 7 nitrogen and oxygen atoms in total. The Hall–Kier alpha value is -1.54. The Balaban J connectivity index is 1.93. The van der Waals surface area contributed by atoms with E-state index in [0.717, 1.165) is 0 Å². The van der Waals surface area contributed by atoms with Gasteiger partial charge in [-0.25, -0.2) is 4.79 Å². The molecule has 2 N–H and O–H groups in total. The monoisotopic (exact) mass is 267 g/mol. The van der Waals surface area contributed by atoms with Crippen molar-refractivity contribution in [3.63, 3.8) is 0 Å². The van der Waals surface area contributed by atoms with Gasteiger partial charge in [-0.05, 0) is 26.8 Å². The minimum Gasteiger partial charge on any atom is -0.444 e. The molecule has 0 unspecified atom stereocenters. The first kappa shape index (κ1) is 13.9. The smallest absolute Gasteiger partial charge is 0.444 e. The molecule has 1 fully saturated rings. The molecule has 1 aromatic rings. The Morgan fingerprint density at radius 2 is 2.11 bits per heavy atom. The molecule has 0 saturated carbocycles. The zero-order chi connectivity index (χ0) is 14.2. The van der Waals surface area contributed by atoms with Crippen molar-refractivity contribution < 1.29 is 19.6 Å². The standard InChI is InChI=1S/C11H18BN3O4/c1-11(2,3)19-10(16)14-6-8(7-14)15-9(12(17)18)4-5-13-15/h4-5,8,17-18H,6-7H2,1-3H3. The molecule has 19 heavy (non-hydrogen) atoms. The van der Waals surface area contributed by atoms with E-state index in [2.05, 4.69) is 5.10 Å². The number of hydrogen-bond acceptors (Lipinski definition) is 5. The largest absolute Gasteiger partial charge is 0.507 e. The first-order valence-corrected chi connectivity index (χ1v) is 6.15. The Labute approximate surface area is 111 Å². The molecular weight excluding hydrogens is 249 g/mol. The second-order valence-electron chi connectivity index (χ2n) is 5.61. The second kappa shape index (κ2) is 4.86. The van der Waals surface area contributed by atoms with Gasteiger partial charge in [0.25, 0.3) is 0 Å². The molecule has 1 aromatic heterocycles. The summed E-state index contributed by atoms with van der Waals surface area (Å²) < 4.78 is 6.78. The highest BCUT2D eigenvalue weighted by Crippen LogP contribution is 2.22. The summed E-state index contributed by atoms with van der Waals surface area (Å²) in [4.78, 5) is 13.3. The average Bonchev–Trinajstić information content (AvgIpc) is 2.60. The number of carbonyl (C=O) groups excluding carboxylic acids is 1. The summed E-state index contributed by atoms with van der Waals surface area (Å²) in [6.45, 7) is 6.36. The summed E-state index contributed by atoms with van der Waals surface area (Å²) in [5.41, 5.74) is -0.186. The molecule has 0 radical (unpaired) electrons. The Morgan fingerprint density at radius 1 is 1.47 bits per heavy atom. The van der Waals surface area contributed by atoms with Crippen molar-refractivity contribution in [2.75, 3.05) is 13.1 Å². The van der Waals surface area contributed by atoms with E-state index in [4.69, 9.17) is 4.74 Å². The molecule has 2 rings (SSSR count). The fraction of sp³-hybridized carbons (Fsp3) is 0.636. The highest BCUT2D eigenvalue weighted by Gasteiger charge is 2.37. The van der Waals surface area contributed by atoms with Gasteiger partial charge in [0, 0.05) is 19.3 Å². The molecule has 0 atom stereocenters. The third kappa shape index (κ3) is 3.08. The van der Waals surface area contributed by atoms with Crippen LogP contribution >= 0.6 is 0 Å². The topological polar surface area (TPSA) is 87.8 Å². The van der Waals surface area contributed by atoms with E-state index in [1.165, 1.54) is 10.9 Å². The SMILES string of the molecule is CC(C)(C)OC(=O)N1CC(n2nccc2B(O)O)C1. The predicted molar refractivity (Wildman–Crippen MR) is 68.9 cm³/mol. The summed E-state index contributed by atoms with van der Waals surface area (Å²) in [6.07, 6.45) is 1.15. The van der Waals surface area contributed by atoms with Crippen molar-refractivity contribution in [1.82, 2.24) is 14.7 Å². The molecule has 0 bridgehead atoms. The summed E-state index contributed by atoms with van der Waals surface area (Å²) in [7, 11) is -1.56. The second-order valence-corrected chi connectivity index (χ2v) is 5.61. The molecule has 1 aliphatic heterocycles. The minimum absolute atomic E-state index is 0.0423. The molecule has 104 valence electrons. The first-order valence-electron chi connectivity index (χ1n) is 6.15. The van der Waals surface area contributed by atoms with E-state index in [0.29, 0.717) is 18.7 Å². The van der Waals surface area contributed by atoms with Gasteiger partial charge in [-0.15, -0.1) is 0 Å². The van der Waals surface area contributed by atoms with Gasteiger partial charge in [0.05, 0.1) is 11.6 Å². The van der Waals surface area contributed by atoms with Crippen molar-refractivity contribution in [3.8, 4) is 0 Å². The maximum Gasteiger partial charge on any atom is 0.507 e. The maximum absolute atomic E-state index is 11.8. The van der Waals surface area contributed by atoms with Crippen molar-refractivity contribution >= 4 is 18.8 Å². The van der Waals surface area contributed by atoms with E-state index in [9.17, 15) is 14.8 Å². The predicted octanol–water partition coefficient (Wildman–Crippen LogP) is -0.645. The van der Waals surface area contributed by atoms with E-state index in [1.807, 2.05) is 20.8 Å². The highest BCUT2D eigenvalue weighted by molar-refractivity contribution is 6.57. The average molecular weight is 267 g/mol. The lowest BCUT2D eigenvalue weighted by atomic mass is 9.85. The molecule has 1 aliphatic rings. The molecule has 1 saturated heterocycles. The van der Waals surface area contributed by atoms with Crippen LogP contribution in [0.2, 0.25) is 0 Å². The number of rotatable bonds is 2. The van der Waals surface area contributed by atoms with Crippen LogP contribution in [0.5, 0.6) is 0 Å². The van der Waals surface area contributed by atoms with Gasteiger partial charge in [-0.3, -0.25) is 4.68 Å². The van der Waals surface area contributed by atoms with Crippen LogP contribution in [0.4, 0.5) is 4.79 Å². The Kier molecular flexibility index (Phi) is 3.55. The number of carbonyl (C=O) groups is 1. The first-order chi connectivity index (χ1) is 8.78. The lowest BCUT2D eigenvalue weighted by molar-refractivity contribution is -0.0000588. The Bertz CT molecular complexity index is 463. The zero-order valence-electron chi connectivity index (χ0n) is 11.3. The molecule has 0 aliphatic carbocycles. The minimum atomic E-state index is -1.56. The molecular formula is C11H18BN3O4. The molecule has 8 heteroatoms. The molecule has 1 amide bonds. The van der Waals surface area contributed by atoms with Gasteiger partial charge in [0.15, 0.2) is 0 Å². The fourth-order valence-corrected chi connectivity index (χ4v) is 1.92. The van der Waals surface area contributed by atoms with Crippen LogP contribution < -0.4 is 5.59 Å². The summed E-state index contributed by atoms with van der Waals surface area (Å²) in [6, 6.07) is 1.50. The van der Waals surface area contributed by atoms with Gasteiger partial charge < -0.3 is 19.7 Å². The number of hydrogen-bond donors (Lipinski definition) is 2. The number of aromatic nitrogens is 2. The van der Waals surface area contributed by atoms with Crippen molar-refractivity contribution in [3.05, 3.63) is 12.3 Å². The van der Waals surface area contributed by atoms with Crippen LogP contribution in [0.3, 0.4) is 0 Å². The normalized spacial score (nSPS) is 16.2. The van der Waals surface area contributed by atoms with Crippen molar-refractivity contribution in [2.45, 2.75) is 32.4 Å². The summed E-state index contributed by atoms with van der Waals surface area (Å²) in [5, 5.41) is 22.4. The summed E-state index contributed by atoms with van der Waals surface area (Å²) >= 11 is 0. The number of amides is 1. The number of nitrogens with zero attached hydrogens (tertiary/aromatic N) is 3. The quantitative estimate of drug-likeness (QED) is 0.695. The molecule has 0 spiro atoms. The third-order valence-corrected chi connectivity index (χ3v) is 2.83. The molecule has 0 aromatic carbocycles. The van der Waals surface area contributed by atoms with Crippen LogP contribution in [0.1, 0.15) is 26.8 Å². The van der Waals surface area contributed by atoms with Crippen LogP contribution in [0.15, 0.2) is 12.3 Å². The lowest BCUT2D eigenvalue weighted by Crippen LogP contribution is -2.55. The zero-order valence-corrected chi connectivity index (χ0v) is 11.3. The van der Waals surface area contributed by atoms with Gasteiger partial charge in [0.2, 0.25) is 0 Å². The summed E-state index contributed by atoms with van der Waals surface area (Å²) in [5.74, 6) is 0. The van der Waals surface area contributed by atoms with Gasteiger partial charge >= 0.3 is 13.2 Å². The third-order valence-electron chi connectivity index (χ3n) is 2.83. The number of ether oxygens (including phenoxy) is 1. The van der Waals surface area contributed by atoms with Gasteiger partial charge in [0.1, 0.15) is 5.60 Å².